The summed E-state index contributed by atoms with van der Waals surface area (Å²) in [5.41, 5.74) is 6.51. The van der Waals surface area contributed by atoms with E-state index in [-0.39, 0.29) is 11.7 Å². The van der Waals surface area contributed by atoms with Gasteiger partial charge in [0.1, 0.15) is 5.82 Å². The summed E-state index contributed by atoms with van der Waals surface area (Å²) in [6, 6.07) is 3.17. The summed E-state index contributed by atoms with van der Waals surface area (Å²) in [6.45, 7) is 10.8. The molecule has 2 aromatic heterocycles. The number of allylic oxidation sites excluding steroid dienone is 7. The number of tetrazole rings is 1. The Kier molecular flexibility index (Phi) is 13.3. The zero-order chi connectivity index (χ0) is 25.5. The number of H-pyrrole nitrogens is 1. The highest BCUT2D eigenvalue weighted by atomic mass is 32.2. The van der Waals surface area contributed by atoms with Crippen molar-refractivity contribution in [2.75, 3.05) is 11.5 Å². The highest BCUT2D eigenvalue weighted by Gasteiger charge is 2.18. The second-order valence-electron chi connectivity index (χ2n) is 9.43. The molecule has 190 valence electrons. The fourth-order valence-electron chi connectivity index (χ4n) is 3.55. The Hall–Kier alpha value is -2.54. The molecule has 2 aromatic rings. The minimum absolute atomic E-state index is 0.0673. The van der Waals surface area contributed by atoms with Crippen molar-refractivity contribution in [1.29, 1.82) is 0 Å². The van der Waals surface area contributed by atoms with E-state index in [1.165, 1.54) is 34.6 Å². The van der Waals surface area contributed by atoms with Crippen LogP contribution >= 0.6 is 11.8 Å². The summed E-state index contributed by atoms with van der Waals surface area (Å²) < 4.78 is 13.2. The molecule has 0 spiro atoms. The molecule has 0 aliphatic heterocycles. The van der Waals surface area contributed by atoms with E-state index in [1.807, 2.05) is 11.8 Å². The summed E-state index contributed by atoms with van der Waals surface area (Å²) in [7, 11) is 0. The predicted octanol–water partition coefficient (Wildman–Crippen LogP) is 7.55. The van der Waals surface area contributed by atoms with Crippen molar-refractivity contribution in [2.24, 2.45) is 0 Å². The lowest BCUT2D eigenvalue weighted by Crippen LogP contribution is -2.10. The molecule has 0 bridgehead atoms. The molecule has 0 aliphatic rings. The summed E-state index contributed by atoms with van der Waals surface area (Å²) in [6.07, 6.45) is 16.7. The van der Waals surface area contributed by atoms with E-state index in [4.69, 9.17) is 0 Å². The van der Waals surface area contributed by atoms with Crippen LogP contribution in [0.5, 0.6) is 0 Å². The van der Waals surface area contributed by atoms with Gasteiger partial charge in [0.2, 0.25) is 0 Å². The van der Waals surface area contributed by atoms with Crippen molar-refractivity contribution in [3.63, 3.8) is 0 Å². The number of nitrogens with one attached hydrogen (secondary N) is 1. The molecular formula is C28H40FN5S. The Morgan fingerprint density at radius 2 is 1.77 bits per heavy atom. The minimum Gasteiger partial charge on any atom is -0.258 e. The molecule has 5 nitrogen and oxygen atoms in total. The van der Waals surface area contributed by atoms with Crippen LogP contribution < -0.4 is 0 Å². The molecule has 0 aliphatic carbocycles. The number of nitrogens with zero attached hydrogens (tertiary/aromatic N) is 4. The number of thioether (sulfide) groups is 1. The number of aromatic amines is 1. The Balaban J connectivity index is 1.92. The van der Waals surface area contributed by atoms with Crippen molar-refractivity contribution in [1.82, 2.24) is 25.6 Å². The zero-order valence-corrected chi connectivity index (χ0v) is 22.7. The molecule has 0 amide bonds. The third-order valence-corrected chi connectivity index (χ3v) is 6.64. The van der Waals surface area contributed by atoms with Crippen LogP contribution in [0, 0.1) is 5.82 Å². The molecule has 0 aromatic carbocycles. The van der Waals surface area contributed by atoms with Crippen LogP contribution in [-0.4, -0.2) is 37.1 Å². The number of rotatable bonds is 15. The first-order chi connectivity index (χ1) is 16.8. The Bertz CT molecular complexity index is 983. The van der Waals surface area contributed by atoms with E-state index in [0.717, 1.165) is 49.3 Å². The molecule has 0 fully saturated rings. The van der Waals surface area contributed by atoms with Gasteiger partial charge in [0.05, 0.1) is 6.20 Å². The van der Waals surface area contributed by atoms with Gasteiger partial charge in [-0.2, -0.15) is 17.0 Å². The van der Waals surface area contributed by atoms with Crippen LogP contribution in [0.25, 0.3) is 0 Å². The predicted molar refractivity (Wildman–Crippen MR) is 146 cm³/mol. The smallest absolute Gasteiger partial charge is 0.178 e. The molecule has 0 saturated carbocycles. The quantitative estimate of drug-likeness (QED) is 0.203. The molecule has 2 heterocycles. The fourth-order valence-corrected chi connectivity index (χ4v) is 4.59. The van der Waals surface area contributed by atoms with Crippen molar-refractivity contribution in [3.05, 3.63) is 82.3 Å². The lowest BCUT2D eigenvalue weighted by Gasteiger charge is -2.12. The zero-order valence-electron chi connectivity index (χ0n) is 21.9. The van der Waals surface area contributed by atoms with Crippen molar-refractivity contribution in [2.45, 2.75) is 79.1 Å². The van der Waals surface area contributed by atoms with Gasteiger partial charge < -0.3 is 0 Å². The number of aromatic nitrogens is 5. The molecule has 0 saturated heterocycles. The van der Waals surface area contributed by atoms with E-state index in [0.29, 0.717) is 12.2 Å². The van der Waals surface area contributed by atoms with Crippen LogP contribution in [0.2, 0.25) is 0 Å². The van der Waals surface area contributed by atoms with Gasteiger partial charge in [0.15, 0.2) is 5.82 Å². The molecule has 0 radical (unpaired) electrons. The maximum atomic E-state index is 13.2. The average Bonchev–Trinajstić information content (AvgIpc) is 3.35. The summed E-state index contributed by atoms with van der Waals surface area (Å²) in [5, 5.41) is 14.6. The summed E-state index contributed by atoms with van der Waals surface area (Å²) in [5.74, 6) is 2.18. The van der Waals surface area contributed by atoms with E-state index >= 15 is 0 Å². The van der Waals surface area contributed by atoms with Gasteiger partial charge in [-0.05, 0) is 78.9 Å². The number of pyridine rings is 1. The monoisotopic (exact) mass is 497 g/mol. The normalized spacial score (nSPS) is 13.0. The third kappa shape index (κ3) is 12.6. The van der Waals surface area contributed by atoms with Crippen LogP contribution in [-0.2, 0) is 6.42 Å². The van der Waals surface area contributed by atoms with Gasteiger partial charge in [-0.15, -0.1) is 10.2 Å². The van der Waals surface area contributed by atoms with E-state index in [9.17, 15) is 4.39 Å². The molecule has 1 unspecified atom stereocenters. The SMILES string of the molecule is CC(C)=CCCC(C)=CCCC(=CCSCC(Cc1ccc(F)cn1)c1nn[nH]n1)CC=C(C)C. The third-order valence-electron chi connectivity index (χ3n) is 5.60. The Morgan fingerprint density at radius 3 is 2.43 bits per heavy atom. The number of halogens is 1. The fraction of sp³-hybridized carbons (Fsp3) is 0.500. The Morgan fingerprint density at radius 1 is 1.00 bits per heavy atom. The largest absolute Gasteiger partial charge is 0.258 e. The number of hydrogen-bond donors (Lipinski definition) is 1. The average molecular weight is 498 g/mol. The van der Waals surface area contributed by atoms with Crippen molar-refractivity contribution >= 4 is 11.8 Å². The first-order valence-corrected chi connectivity index (χ1v) is 13.5. The van der Waals surface area contributed by atoms with Gasteiger partial charge in [0, 0.05) is 29.5 Å². The van der Waals surface area contributed by atoms with E-state index in [1.54, 1.807) is 6.07 Å². The van der Waals surface area contributed by atoms with Gasteiger partial charge >= 0.3 is 0 Å². The maximum absolute atomic E-state index is 13.2. The second kappa shape index (κ2) is 16.2. The maximum Gasteiger partial charge on any atom is 0.178 e. The van der Waals surface area contributed by atoms with E-state index < -0.39 is 0 Å². The topological polar surface area (TPSA) is 67.3 Å². The van der Waals surface area contributed by atoms with Gasteiger partial charge in [0.25, 0.3) is 0 Å². The molecule has 7 heteroatoms. The van der Waals surface area contributed by atoms with Crippen LogP contribution in [0.4, 0.5) is 4.39 Å². The molecule has 35 heavy (non-hydrogen) atoms. The number of hydrogen-bond acceptors (Lipinski definition) is 5. The summed E-state index contributed by atoms with van der Waals surface area (Å²) >= 11 is 1.86. The molecular weight excluding hydrogens is 457 g/mol. The highest BCUT2D eigenvalue weighted by molar-refractivity contribution is 7.99. The first kappa shape index (κ1) is 28.7. The van der Waals surface area contributed by atoms with Gasteiger partial charge in [-0.1, -0.05) is 51.8 Å². The minimum atomic E-state index is -0.328. The summed E-state index contributed by atoms with van der Waals surface area (Å²) in [4.78, 5) is 4.20. The van der Waals surface area contributed by atoms with Gasteiger partial charge in [-0.3, -0.25) is 4.98 Å². The Labute approximate surface area is 214 Å². The lowest BCUT2D eigenvalue weighted by atomic mass is 10.0. The first-order valence-electron chi connectivity index (χ1n) is 12.3. The standard InChI is InChI=1S/C28H40FN5S/c1-21(2)8-6-9-23(5)10-7-11-24(13-12-22(3)4)16-17-35-20-25(28-31-33-34-32-28)18-27-15-14-26(29)19-30-27/h8,10,12,14-16,19,25H,6-7,9,11,13,17-18,20H2,1-5H3,(H,31,32,33,34). The molecule has 1 atom stereocenters. The van der Waals surface area contributed by atoms with Crippen LogP contribution in [0.15, 0.2) is 64.9 Å². The second-order valence-corrected chi connectivity index (χ2v) is 10.5. The van der Waals surface area contributed by atoms with Crippen LogP contribution in [0.1, 0.15) is 84.2 Å². The highest BCUT2D eigenvalue weighted by Crippen LogP contribution is 2.23. The van der Waals surface area contributed by atoms with Crippen molar-refractivity contribution < 1.29 is 4.39 Å². The van der Waals surface area contributed by atoms with Gasteiger partial charge in [-0.25, -0.2) is 4.39 Å². The lowest BCUT2D eigenvalue weighted by molar-refractivity contribution is 0.615. The van der Waals surface area contributed by atoms with Crippen molar-refractivity contribution in [3.8, 4) is 0 Å². The van der Waals surface area contributed by atoms with Crippen LogP contribution in [0.3, 0.4) is 0 Å². The molecule has 1 N–H and O–H groups in total. The van der Waals surface area contributed by atoms with E-state index in [2.05, 4.69) is 84.5 Å². The molecule has 2 rings (SSSR count).